The van der Waals surface area contributed by atoms with Gasteiger partial charge in [-0.25, -0.2) is 0 Å². The number of hydrogen-bond acceptors (Lipinski definition) is 3. The standard InChI is InChI=1S/C15H23NOS/c1-10(9-11-5-4-8-18-11)16-13-12-6-7-17-14(12)15(13,2)3/h4-5,8,10,12-14,16H,6-7,9H2,1-3H3. The summed E-state index contributed by atoms with van der Waals surface area (Å²) in [4.78, 5) is 1.48. The van der Waals surface area contributed by atoms with Gasteiger partial charge in [-0.05, 0) is 31.2 Å². The number of thiophene rings is 1. The molecule has 1 aromatic heterocycles. The SMILES string of the molecule is CC(Cc1cccs1)NC1C2CCOC2C1(C)C. The lowest BCUT2D eigenvalue weighted by Crippen LogP contribution is -2.67. The molecule has 3 heteroatoms. The van der Waals surface area contributed by atoms with E-state index in [1.54, 1.807) is 0 Å². The summed E-state index contributed by atoms with van der Waals surface area (Å²) in [5.41, 5.74) is 0.297. The molecule has 1 aliphatic carbocycles. The largest absolute Gasteiger partial charge is 0.377 e. The van der Waals surface area contributed by atoms with E-state index >= 15 is 0 Å². The number of fused-ring (bicyclic) bond motifs is 1. The number of hydrogen-bond donors (Lipinski definition) is 1. The van der Waals surface area contributed by atoms with Crippen molar-refractivity contribution in [2.75, 3.05) is 6.61 Å². The van der Waals surface area contributed by atoms with E-state index in [2.05, 4.69) is 43.6 Å². The number of nitrogens with one attached hydrogen (secondary N) is 1. The minimum absolute atomic E-state index is 0.297. The maximum Gasteiger partial charge on any atom is 0.0685 e. The first kappa shape index (κ1) is 12.6. The van der Waals surface area contributed by atoms with Gasteiger partial charge in [-0.3, -0.25) is 0 Å². The van der Waals surface area contributed by atoms with Crippen LogP contribution >= 0.6 is 11.3 Å². The maximum atomic E-state index is 5.85. The molecule has 1 N–H and O–H groups in total. The molecule has 1 saturated heterocycles. The molecule has 0 radical (unpaired) electrons. The average molecular weight is 265 g/mol. The van der Waals surface area contributed by atoms with Crippen molar-refractivity contribution in [3.8, 4) is 0 Å². The Morgan fingerprint density at radius 1 is 1.56 bits per heavy atom. The lowest BCUT2D eigenvalue weighted by atomic mass is 9.57. The van der Waals surface area contributed by atoms with Gasteiger partial charge in [-0.1, -0.05) is 19.9 Å². The third-order valence-corrected chi connectivity index (χ3v) is 5.55. The third kappa shape index (κ3) is 2.02. The van der Waals surface area contributed by atoms with Crippen molar-refractivity contribution in [2.24, 2.45) is 11.3 Å². The van der Waals surface area contributed by atoms with Crippen molar-refractivity contribution in [3.63, 3.8) is 0 Å². The topological polar surface area (TPSA) is 21.3 Å². The highest BCUT2D eigenvalue weighted by molar-refractivity contribution is 7.09. The molecule has 1 saturated carbocycles. The second-order valence-electron chi connectivity index (χ2n) is 6.39. The summed E-state index contributed by atoms with van der Waals surface area (Å²) in [6, 6.07) is 5.55. The summed E-state index contributed by atoms with van der Waals surface area (Å²) in [6.07, 6.45) is 2.86. The highest BCUT2D eigenvalue weighted by Crippen LogP contribution is 2.52. The van der Waals surface area contributed by atoms with E-state index in [4.69, 9.17) is 4.74 Å². The number of ether oxygens (including phenoxy) is 1. The van der Waals surface area contributed by atoms with Crippen LogP contribution in [0.4, 0.5) is 0 Å². The molecule has 2 heterocycles. The van der Waals surface area contributed by atoms with Crippen molar-refractivity contribution < 1.29 is 4.74 Å². The summed E-state index contributed by atoms with van der Waals surface area (Å²) < 4.78 is 5.85. The highest BCUT2D eigenvalue weighted by atomic mass is 32.1. The zero-order chi connectivity index (χ0) is 12.8. The Hall–Kier alpha value is -0.380. The van der Waals surface area contributed by atoms with Crippen LogP contribution in [-0.2, 0) is 11.2 Å². The molecule has 4 unspecified atom stereocenters. The Morgan fingerprint density at radius 2 is 2.39 bits per heavy atom. The van der Waals surface area contributed by atoms with Crippen LogP contribution in [0, 0.1) is 11.3 Å². The van der Waals surface area contributed by atoms with E-state index in [1.165, 1.54) is 11.3 Å². The van der Waals surface area contributed by atoms with Crippen molar-refractivity contribution in [1.82, 2.24) is 5.32 Å². The van der Waals surface area contributed by atoms with E-state index in [9.17, 15) is 0 Å². The van der Waals surface area contributed by atoms with Gasteiger partial charge in [0.05, 0.1) is 6.10 Å². The third-order valence-electron chi connectivity index (χ3n) is 4.65. The normalized spacial score (nSPS) is 34.9. The molecule has 2 fully saturated rings. The quantitative estimate of drug-likeness (QED) is 0.903. The summed E-state index contributed by atoms with van der Waals surface area (Å²) in [7, 11) is 0. The molecule has 18 heavy (non-hydrogen) atoms. The fourth-order valence-electron chi connectivity index (χ4n) is 3.76. The predicted molar refractivity (Wildman–Crippen MR) is 76.0 cm³/mol. The molecule has 2 nitrogen and oxygen atoms in total. The van der Waals surface area contributed by atoms with Gasteiger partial charge in [0.1, 0.15) is 0 Å². The van der Waals surface area contributed by atoms with Crippen LogP contribution in [0.1, 0.15) is 32.1 Å². The van der Waals surface area contributed by atoms with Gasteiger partial charge in [0.2, 0.25) is 0 Å². The van der Waals surface area contributed by atoms with Crippen LogP contribution in [0.3, 0.4) is 0 Å². The van der Waals surface area contributed by atoms with Crippen LogP contribution in [0.25, 0.3) is 0 Å². The van der Waals surface area contributed by atoms with Gasteiger partial charge in [0.15, 0.2) is 0 Å². The Balaban J connectivity index is 1.59. The van der Waals surface area contributed by atoms with Gasteiger partial charge < -0.3 is 10.1 Å². The highest BCUT2D eigenvalue weighted by Gasteiger charge is 2.59. The van der Waals surface area contributed by atoms with Crippen LogP contribution in [0.5, 0.6) is 0 Å². The van der Waals surface area contributed by atoms with E-state index in [1.807, 2.05) is 11.3 Å². The average Bonchev–Trinajstić information content (AvgIpc) is 2.95. The second kappa shape index (κ2) is 4.62. The Morgan fingerprint density at radius 3 is 3.11 bits per heavy atom. The molecule has 0 spiro atoms. The smallest absolute Gasteiger partial charge is 0.0685 e. The first-order valence-corrected chi connectivity index (χ1v) is 7.87. The van der Waals surface area contributed by atoms with Gasteiger partial charge in [-0.15, -0.1) is 11.3 Å². The zero-order valence-corrected chi connectivity index (χ0v) is 12.3. The van der Waals surface area contributed by atoms with Crippen LogP contribution in [-0.4, -0.2) is 24.8 Å². The van der Waals surface area contributed by atoms with Crippen molar-refractivity contribution >= 4 is 11.3 Å². The fraction of sp³-hybridized carbons (Fsp3) is 0.733. The molecule has 0 aromatic carbocycles. The molecular formula is C15H23NOS. The molecule has 1 aliphatic heterocycles. The molecule has 4 atom stereocenters. The van der Waals surface area contributed by atoms with E-state index in [0.29, 0.717) is 23.6 Å². The van der Waals surface area contributed by atoms with Crippen molar-refractivity contribution in [3.05, 3.63) is 22.4 Å². The van der Waals surface area contributed by atoms with E-state index in [0.717, 1.165) is 18.9 Å². The Labute approximate surface area is 114 Å². The maximum absolute atomic E-state index is 5.85. The second-order valence-corrected chi connectivity index (χ2v) is 7.43. The molecule has 0 bridgehead atoms. The van der Waals surface area contributed by atoms with E-state index < -0.39 is 0 Å². The van der Waals surface area contributed by atoms with Gasteiger partial charge >= 0.3 is 0 Å². The summed E-state index contributed by atoms with van der Waals surface area (Å²) >= 11 is 1.86. The number of rotatable bonds is 4. The lowest BCUT2D eigenvalue weighted by molar-refractivity contribution is -0.114. The molecule has 1 aromatic rings. The van der Waals surface area contributed by atoms with Gasteiger partial charge in [-0.2, -0.15) is 0 Å². The molecule has 3 rings (SSSR count). The van der Waals surface area contributed by atoms with Crippen molar-refractivity contribution in [1.29, 1.82) is 0 Å². The van der Waals surface area contributed by atoms with Gasteiger partial charge in [0, 0.05) is 34.9 Å². The summed E-state index contributed by atoms with van der Waals surface area (Å²) in [6.45, 7) is 7.94. The summed E-state index contributed by atoms with van der Waals surface area (Å²) in [5.74, 6) is 0.741. The van der Waals surface area contributed by atoms with Gasteiger partial charge in [0.25, 0.3) is 0 Å². The van der Waals surface area contributed by atoms with Crippen LogP contribution in [0.15, 0.2) is 17.5 Å². The zero-order valence-electron chi connectivity index (χ0n) is 11.5. The molecule has 2 aliphatic rings. The minimum Gasteiger partial charge on any atom is -0.377 e. The Bertz CT molecular complexity index is 401. The van der Waals surface area contributed by atoms with E-state index in [-0.39, 0.29) is 0 Å². The van der Waals surface area contributed by atoms with Crippen LogP contribution < -0.4 is 5.32 Å². The predicted octanol–water partition coefficient (Wildman–Crippen LogP) is 3.08. The first-order valence-electron chi connectivity index (χ1n) is 6.99. The molecule has 0 amide bonds. The fourth-order valence-corrected chi connectivity index (χ4v) is 4.59. The Kier molecular flexibility index (Phi) is 3.25. The molecular weight excluding hydrogens is 242 g/mol. The van der Waals surface area contributed by atoms with Crippen LogP contribution in [0.2, 0.25) is 0 Å². The molecule has 100 valence electrons. The van der Waals surface area contributed by atoms with Crippen molar-refractivity contribution in [2.45, 2.75) is 51.8 Å². The minimum atomic E-state index is 0.297. The lowest BCUT2D eigenvalue weighted by Gasteiger charge is -2.55. The monoisotopic (exact) mass is 265 g/mol. The first-order chi connectivity index (χ1) is 8.59. The summed E-state index contributed by atoms with van der Waals surface area (Å²) in [5, 5.41) is 6.01.